The molecule has 24 heavy (non-hydrogen) atoms. The minimum Gasteiger partial charge on any atom is -0.378 e. The van der Waals surface area contributed by atoms with E-state index in [9.17, 15) is 4.79 Å². The molecule has 3 rings (SSSR count). The van der Waals surface area contributed by atoms with Crippen LogP contribution < -0.4 is 10.6 Å². The van der Waals surface area contributed by atoms with Gasteiger partial charge in [-0.1, -0.05) is 30.3 Å². The lowest BCUT2D eigenvalue weighted by atomic mass is 10.1. The Bertz CT molecular complexity index is 639. The van der Waals surface area contributed by atoms with Crippen LogP contribution in [-0.4, -0.2) is 30.3 Å². The third-order valence-corrected chi connectivity index (χ3v) is 4.93. The fourth-order valence-electron chi connectivity index (χ4n) is 2.77. The van der Waals surface area contributed by atoms with Crippen LogP contribution in [0, 0.1) is 0 Å². The maximum atomic E-state index is 11.9. The number of hydrogen-bond donors (Lipinski definition) is 2. The van der Waals surface area contributed by atoms with Gasteiger partial charge in [-0.05, 0) is 31.2 Å². The summed E-state index contributed by atoms with van der Waals surface area (Å²) in [6.07, 6.45) is 7.28. The molecule has 0 saturated carbocycles. The van der Waals surface area contributed by atoms with Crippen molar-refractivity contribution < 1.29 is 9.53 Å². The highest BCUT2D eigenvalue weighted by Crippen LogP contribution is 2.21. The van der Waals surface area contributed by atoms with Crippen molar-refractivity contribution >= 4 is 22.5 Å². The van der Waals surface area contributed by atoms with E-state index in [2.05, 4.69) is 27.8 Å². The van der Waals surface area contributed by atoms with Gasteiger partial charge < -0.3 is 10.1 Å². The summed E-state index contributed by atoms with van der Waals surface area (Å²) >= 11 is 1.51. The van der Waals surface area contributed by atoms with E-state index >= 15 is 0 Å². The molecule has 2 N–H and O–H groups in total. The van der Waals surface area contributed by atoms with Crippen LogP contribution in [0.2, 0.25) is 0 Å². The molecule has 0 spiro atoms. The molecule has 1 atom stereocenters. The van der Waals surface area contributed by atoms with Crippen LogP contribution in [0.25, 0.3) is 0 Å². The summed E-state index contributed by atoms with van der Waals surface area (Å²) in [6.45, 7) is 1.47. The Balaban J connectivity index is 1.40. The Kier molecular flexibility index (Phi) is 6.20. The van der Waals surface area contributed by atoms with Gasteiger partial charge in [-0.15, -0.1) is 11.3 Å². The van der Waals surface area contributed by atoms with Crippen molar-refractivity contribution in [2.45, 2.75) is 38.2 Å². The first-order valence-corrected chi connectivity index (χ1v) is 9.26. The van der Waals surface area contributed by atoms with E-state index in [4.69, 9.17) is 4.74 Å². The van der Waals surface area contributed by atoms with E-state index in [0.29, 0.717) is 11.7 Å². The van der Waals surface area contributed by atoms with E-state index in [1.807, 2.05) is 24.4 Å². The van der Waals surface area contributed by atoms with Crippen molar-refractivity contribution in [1.82, 2.24) is 10.3 Å². The van der Waals surface area contributed by atoms with Crippen LogP contribution in [0.4, 0.5) is 9.93 Å². The highest BCUT2D eigenvalue weighted by molar-refractivity contribution is 7.15. The molecule has 1 aromatic carbocycles. The number of nitrogens with one attached hydrogen (secondary N) is 2. The van der Waals surface area contributed by atoms with Crippen molar-refractivity contribution in [3.05, 3.63) is 47.0 Å². The molecule has 5 nitrogen and oxygen atoms in total. The van der Waals surface area contributed by atoms with Crippen molar-refractivity contribution in [2.24, 2.45) is 0 Å². The quantitative estimate of drug-likeness (QED) is 0.837. The van der Waals surface area contributed by atoms with E-state index < -0.39 is 0 Å². The summed E-state index contributed by atoms with van der Waals surface area (Å²) in [5.41, 5.74) is 1.24. The molecule has 2 heterocycles. The zero-order chi connectivity index (χ0) is 16.6. The van der Waals surface area contributed by atoms with Gasteiger partial charge in [0.15, 0.2) is 5.13 Å². The van der Waals surface area contributed by atoms with E-state index in [1.165, 1.54) is 23.3 Å². The fraction of sp³-hybridized carbons (Fsp3) is 0.444. The summed E-state index contributed by atoms with van der Waals surface area (Å²) in [5.74, 6) is 0. The molecule has 1 aromatic heterocycles. The number of nitrogens with zero attached hydrogens (tertiary/aromatic N) is 1. The number of urea groups is 1. The van der Waals surface area contributed by atoms with Crippen LogP contribution in [0.5, 0.6) is 0 Å². The minimum atomic E-state index is -0.202. The van der Waals surface area contributed by atoms with Gasteiger partial charge in [-0.2, -0.15) is 0 Å². The normalized spacial score (nSPS) is 17.4. The van der Waals surface area contributed by atoms with E-state index in [-0.39, 0.29) is 12.1 Å². The molecule has 2 amide bonds. The van der Waals surface area contributed by atoms with Gasteiger partial charge in [-0.25, -0.2) is 9.78 Å². The number of anilines is 1. The lowest BCUT2D eigenvalue weighted by molar-refractivity contribution is 0.0120. The SMILES string of the molecule is O=C(NCC[C@H]1CCCCO1)Nc1ncc(Cc2ccccc2)s1. The van der Waals surface area contributed by atoms with Gasteiger partial charge >= 0.3 is 6.03 Å². The van der Waals surface area contributed by atoms with Crippen molar-refractivity contribution in [3.8, 4) is 0 Å². The third-order valence-electron chi connectivity index (χ3n) is 4.02. The molecule has 0 unspecified atom stereocenters. The molecule has 0 bridgehead atoms. The number of benzene rings is 1. The standard InChI is InChI=1S/C18H23N3O2S/c22-17(19-10-9-15-8-4-5-11-23-15)21-18-20-13-16(24-18)12-14-6-2-1-3-7-14/h1-3,6-7,13,15H,4-5,8-12H2,(H2,19,20,21,22)/t15-/m1/s1. The van der Waals surface area contributed by atoms with Gasteiger partial charge in [0.05, 0.1) is 6.10 Å². The van der Waals surface area contributed by atoms with Gasteiger partial charge in [0.1, 0.15) is 0 Å². The molecule has 1 saturated heterocycles. The average Bonchev–Trinajstić information content (AvgIpc) is 3.03. The molecule has 1 aliphatic heterocycles. The second-order valence-corrected chi connectivity index (χ2v) is 7.07. The Morgan fingerprint density at radius 2 is 2.17 bits per heavy atom. The predicted octanol–water partition coefficient (Wildman–Crippen LogP) is 3.81. The van der Waals surface area contributed by atoms with Gasteiger partial charge in [0, 0.05) is 30.6 Å². The minimum absolute atomic E-state index is 0.202. The molecule has 1 aliphatic rings. The zero-order valence-corrected chi connectivity index (χ0v) is 14.5. The average molecular weight is 345 g/mol. The fourth-order valence-corrected chi connectivity index (χ4v) is 3.61. The highest BCUT2D eigenvalue weighted by atomic mass is 32.1. The number of amides is 2. The molecule has 0 radical (unpaired) electrons. The Hall–Kier alpha value is -1.92. The maximum absolute atomic E-state index is 11.9. The smallest absolute Gasteiger partial charge is 0.321 e. The van der Waals surface area contributed by atoms with Crippen LogP contribution in [0.3, 0.4) is 0 Å². The summed E-state index contributed by atoms with van der Waals surface area (Å²) in [5, 5.41) is 6.31. The highest BCUT2D eigenvalue weighted by Gasteiger charge is 2.14. The lowest BCUT2D eigenvalue weighted by Gasteiger charge is -2.22. The number of carbonyl (C=O) groups is 1. The summed E-state index contributed by atoms with van der Waals surface area (Å²) in [7, 11) is 0. The Morgan fingerprint density at radius 1 is 1.29 bits per heavy atom. The Labute approximate surface area is 146 Å². The first-order chi connectivity index (χ1) is 11.8. The molecule has 6 heteroatoms. The maximum Gasteiger partial charge on any atom is 0.321 e. The monoisotopic (exact) mass is 345 g/mol. The molecule has 128 valence electrons. The van der Waals surface area contributed by atoms with Crippen molar-refractivity contribution in [1.29, 1.82) is 0 Å². The number of aromatic nitrogens is 1. The van der Waals surface area contributed by atoms with Crippen LogP contribution >= 0.6 is 11.3 Å². The summed E-state index contributed by atoms with van der Waals surface area (Å²) in [6, 6.07) is 10.0. The van der Waals surface area contributed by atoms with Crippen LogP contribution in [0.1, 0.15) is 36.1 Å². The summed E-state index contributed by atoms with van der Waals surface area (Å²) in [4.78, 5) is 17.3. The topological polar surface area (TPSA) is 63.2 Å². The van der Waals surface area contributed by atoms with E-state index in [1.54, 1.807) is 0 Å². The third kappa shape index (κ3) is 5.32. The lowest BCUT2D eigenvalue weighted by Crippen LogP contribution is -2.32. The molecule has 2 aromatic rings. The van der Waals surface area contributed by atoms with E-state index in [0.717, 1.165) is 37.2 Å². The molecule has 0 aliphatic carbocycles. The number of hydrogen-bond acceptors (Lipinski definition) is 4. The first kappa shape index (κ1) is 16.9. The van der Waals surface area contributed by atoms with Crippen molar-refractivity contribution in [3.63, 3.8) is 0 Å². The predicted molar refractivity (Wildman–Crippen MR) is 96.6 cm³/mol. The molecular weight excluding hydrogens is 322 g/mol. The molecular formula is C18H23N3O2S. The number of ether oxygens (including phenoxy) is 1. The van der Waals surface area contributed by atoms with Gasteiger partial charge in [0.2, 0.25) is 0 Å². The van der Waals surface area contributed by atoms with Crippen molar-refractivity contribution in [2.75, 3.05) is 18.5 Å². The number of carbonyl (C=O) groups excluding carboxylic acids is 1. The van der Waals surface area contributed by atoms with Crippen LogP contribution in [0.15, 0.2) is 36.5 Å². The van der Waals surface area contributed by atoms with Crippen LogP contribution in [-0.2, 0) is 11.2 Å². The second kappa shape index (κ2) is 8.80. The van der Waals surface area contributed by atoms with Gasteiger partial charge in [-0.3, -0.25) is 5.32 Å². The van der Waals surface area contributed by atoms with Gasteiger partial charge in [0.25, 0.3) is 0 Å². The summed E-state index contributed by atoms with van der Waals surface area (Å²) < 4.78 is 5.66. The second-order valence-electron chi connectivity index (χ2n) is 5.95. The largest absolute Gasteiger partial charge is 0.378 e. The number of rotatable bonds is 6. The Morgan fingerprint density at radius 3 is 2.96 bits per heavy atom. The zero-order valence-electron chi connectivity index (χ0n) is 13.7. The first-order valence-electron chi connectivity index (χ1n) is 8.45. The molecule has 1 fully saturated rings. The number of thiazole rings is 1.